The van der Waals surface area contributed by atoms with E-state index in [0.29, 0.717) is 5.56 Å². The second kappa shape index (κ2) is 6.89. The zero-order chi connectivity index (χ0) is 15.2. The van der Waals surface area contributed by atoms with Gasteiger partial charge in [-0.2, -0.15) is 0 Å². The molecule has 0 saturated heterocycles. The topological polar surface area (TPSA) is 52.6 Å². The number of carbonyl (C=O) groups is 2. The van der Waals surface area contributed by atoms with Crippen LogP contribution in [0.1, 0.15) is 33.3 Å². The third-order valence-corrected chi connectivity index (χ3v) is 2.41. The fourth-order valence-electron chi connectivity index (χ4n) is 1.32. The average Bonchev–Trinajstić information content (AvgIpc) is 2.38. The molecular weight excluding hydrogens is 256 g/mol. The van der Waals surface area contributed by atoms with Gasteiger partial charge in [-0.25, -0.2) is 4.79 Å². The van der Waals surface area contributed by atoms with Crippen LogP contribution in [0.5, 0.6) is 0 Å². The molecule has 0 atom stereocenters. The van der Waals surface area contributed by atoms with Gasteiger partial charge in [0.2, 0.25) is 0 Å². The van der Waals surface area contributed by atoms with Crippen LogP contribution in [0, 0.1) is 5.41 Å². The van der Waals surface area contributed by atoms with E-state index in [9.17, 15) is 9.59 Å². The van der Waals surface area contributed by atoms with E-state index in [4.69, 9.17) is 9.47 Å². The Hall–Kier alpha value is -2.10. The molecule has 0 aliphatic rings. The lowest BCUT2D eigenvalue weighted by Crippen LogP contribution is -2.22. The monoisotopic (exact) mass is 276 g/mol. The van der Waals surface area contributed by atoms with E-state index < -0.39 is 17.4 Å². The molecular formula is C16H20O4. The van der Waals surface area contributed by atoms with Gasteiger partial charge >= 0.3 is 11.9 Å². The minimum absolute atomic E-state index is 0.198. The number of esters is 2. The van der Waals surface area contributed by atoms with E-state index in [2.05, 4.69) is 0 Å². The number of hydrogen-bond acceptors (Lipinski definition) is 4. The number of rotatable bonds is 4. The average molecular weight is 276 g/mol. The Morgan fingerprint density at radius 1 is 1.15 bits per heavy atom. The van der Waals surface area contributed by atoms with Crippen molar-refractivity contribution >= 4 is 17.7 Å². The third kappa shape index (κ3) is 4.88. The van der Waals surface area contributed by atoms with Crippen molar-refractivity contribution in [3.05, 3.63) is 42.0 Å². The van der Waals surface area contributed by atoms with Crippen molar-refractivity contribution in [2.45, 2.75) is 27.7 Å². The number of hydrogen-bond donors (Lipinski definition) is 0. The first-order chi connectivity index (χ1) is 9.34. The highest BCUT2D eigenvalue weighted by molar-refractivity contribution is 5.92. The molecule has 1 aromatic carbocycles. The smallest absolute Gasteiger partial charge is 0.334 e. The van der Waals surface area contributed by atoms with Gasteiger partial charge in [-0.15, -0.1) is 0 Å². The molecule has 0 saturated carbocycles. The number of ether oxygens (including phenoxy) is 2. The van der Waals surface area contributed by atoms with E-state index in [1.165, 1.54) is 6.08 Å². The summed E-state index contributed by atoms with van der Waals surface area (Å²) in [6, 6.07) is 8.98. The number of carbonyl (C=O) groups excluding carboxylic acids is 2. The molecule has 1 aromatic rings. The maximum absolute atomic E-state index is 12.0. The minimum Gasteiger partial charge on any atom is -0.463 e. The maximum Gasteiger partial charge on any atom is 0.334 e. The molecule has 1 rings (SSSR count). The third-order valence-electron chi connectivity index (χ3n) is 2.41. The second-order valence-electron chi connectivity index (χ2n) is 5.27. The molecule has 0 bridgehead atoms. The van der Waals surface area contributed by atoms with Gasteiger partial charge in [-0.05, 0) is 27.7 Å². The predicted molar refractivity (Wildman–Crippen MR) is 76.6 cm³/mol. The lowest BCUT2D eigenvalue weighted by molar-refractivity contribution is -0.145. The molecule has 0 aliphatic carbocycles. The first-order valence-electron chi connectivity index (χ1n) is 6.50. The molecule has 0 aromatic heterocycles. The summed E-state index contributed by atoms with van der Waals surface area (Å²) in [4.78, 5) is 23.5. The van der Waals surface area contributed by atoms with Crippen LogP contribution in [0.3, 0.4) is 0 Å². The molecule has 0 heterocycles. The second-order valence-corrected chi connectivity index (χ2v) is 5.27. The Morgan fingerprint density at radius 2 is 1.75 bits per heavy atom. The molecule has 20 heavy (non-hydrogen) atoms. The number of benzene rings is 1. The Bertz CT molecular complexity index is 495. The van der Waals surface area contributed by atoms with E-state index in [1.807, 2.05) is 6.07 Å². The molecule has 4 heteroatoms. The van der Waals surface area contributed by atoms with Crippen LogP contribution < -0.4 is 0 Å². The molecule has 0 unspecified atom stereocenters. The molecule has 108 valence electrons. The fraction of sp³-hybridized carbons (Fsp3) is 0.375. The van der Waals surface area contributed by atoms with Crippen molar-refractivity contribution in [1.82, 2.24) is 0 Å². The van der Waals surface area contributed by atoms with E-state index >= 15 is 0 Å². The molecule has 0 spiro atoms. The highest BCUT2D eigenvalue weighted by Gasteiger charge is 2.25. The molecule has 0 aliphatic heterocycles. The van der Waals surface area contributed by atoms with Crippen LogP contribution in [0.25, 0.3) is 5.76 Å². The van der Waals surface area contributed by atoms with Gasteiger partial charge in [0.1, 0.15) is 5.76 Å². The van der Waals surface area contributed by atoms with Crippen LogP contribution in [0.2, 0.25) is 0 Å². The Morgan fingerprint density at radius 3 is 2.25 bits per heavy atom. The van der Waals surface area contributed by atoms with Crippen molar-refractivity contribution in [2.75, 3.05) is 6.61 Å². The highest BCUT2D eigenvalue weighted by Crippen LogP contribution is 2.22. The normalized spacial score (nSPS) is 11.9. The largest absolute Gasteiger partial charge is 0.463 e. The molecule has 0 amide bonds. The summed E-state index contributed by atoms with van der Waals surface area (Å²) in [7, 11) is 0. The van der Waals surface area contributed by atoms with Crippen LogP contribution in [0.4, 0.5) is 0 Å². The zero-order valence-electron chi connectivity index (χ0n) is 12.3. The Labute approximate surface area is 119 Å². The zero-order valence-corrected chi connectivity index (χ0v) is 12.3. The van der Waals surface area contributed by atoms with Crippen molar-refractivity contribution < 1.29 is 19.1 Å². The van der Waals surface area contributed by atoms with Gasteiger partial charge in [-0.1, -0.05) is 30.3 Å². The maximum atomic E-state index is 12.0. The summed E-state index contributed by atoms with van der Waals surface area (Å²) in [6.45, 7) is 7.24. The van der Waals surface area contributed by atoms with Crippen LogP contribution in [0.15, 0.2) is 36.4 Å². The van der Waals surface area contributed by atoms with Gasteiger partial charge < -0.3 is 9.47 Å². The van der Waals surface area contributed by atoms with Crippen molar-refractivity contribution in [2.24, 2.45) is 5.41 Å². The van der Waals surface area contributed by atoms with Crippen molar-refractivity contribution in [3.8, 4) is 0 Å². The summed E-state index contributed by atoms with van der Waals surface area (Å²) in [5.74, 6) is -0.742. The molecule has 0 radical (unpaired) electrons. The van der Waals surface area contributed by atoms with Crippen LogP contribution >= 0.6 is 0 Å². The standard InChI is InChI=1S/C16H20O4/c1-5-19-14(17)11-13(12-9-7-6-8-10-12)20-15(18)16(2,3)4/h6-11H,5H2,1-4H3/b13-11-. The van der Waals surface area contributed by atoms with Crippen molar-refractivity contribution in [1.29, 1.82) is 0 Å². The highest BCUT2D eigenvalue weighted by atomic mass is 16.5. The summed E-state index contributed by atoms with van der Waals surface area (Å²) in [6.07, 6.45) is 1.20. The summed E-state index contributed by atoms with van der Waals surface area (Å²) in [5.41, 5.74) is 0.000801. The quantitative estimate of drug-likeness (QED) is 0.481. The molecule has 0 fully saturated rings. The fourth-order valence-corrected chi connectivity index (χ4v) is 1.32. The first-order valence-corrected chi connectivity index (χ1v) is 6.50. The van der Waals surface area contributed by atoms with Gasteiger partial charge in [0.25, 0.3) is 0 Å². The summed E-state index contributed by atoms with van der Waals surface area (Å²) < 4.78 is 10.2. The lowest BCUT2D eigenvalue weighted by Gasteiger charge is -2.18. The lowest BCUT2D eigenvalue weighted by atomic mass is 9.97. The Balaban J connectivity index is 3.03. The van der Waals surface area contributed by atoms with Gasteiger partial charge in [0.05, 0.1) is 18.1 Å². The van der Waals surface area contributed by atoms with Crippen LogP contribution in [-0.4, -0.2) is 18.5 Å². The Kier molecular flexibility index (Phi) is 5.50. The van der Waals surface area contributed by atoms with Gasteiger partial charge in [-0.3, -0.25) is 4.79 Å². The minimum atomic E-state index is -0.650. The molecule has 4 nitrogen and oxygen atoms in total. The summed E-state index contributed by atoms with van der Waals surface area (Å²) >= 11 is 0. The van der Waals surface area contributed by atoms with E-state index in [0.717, 1.165) is 0 Å². The molecule has 0 N–H and O–H groups in total. The van der Waals surface area contributed by atoms with Gasteiger partial charge in [0.15, 0.2) is 0 Å². The van der Waals surface area contributed by atoms with Crippen LogP contribution in [-0.2, 0) is 19.1 Å². The predicted octanol–water partition coefficient (Wildman–Crippen LogP) is 3.18. The van der Waals surface area contributed by atoms with Gasteiger partial charge in [0, 0.05) is 5.56 Å². The van der Waals surface area contributed by atoms with E-state index in [1.54, 1.807) is 52.0 Å². The first kappa shape index (κ1) is 16.0. The van der Waals surface area contributed by atoms with Crippen molar-refractivity contribution in [3.63, 3.8) is 0 Å². The summed E-state index contributed by atoms with van der Waals surface area (Å²) in [5, 5.41) is 0. The SMILES string of the molecule is CCOC(=O)/C=C(\OC(=O)C(C)(C)C)c1ccccc1. The van der Waals surface area contributed by atoms with E-state index in [-0.39, 0.29) is 12.4 Å².